The topological polar surface area (TPSA) is 84.9 Å². The highest BCUT2D eigenvalue weighted by Crippen LogP contribution is 2.31. The zero-order valence-electron chi connectivity index (χ0n) is 15.5. The van der Waals surface area contributed by atoms with Crippen molar-refractivity contribution in [2.24, 2.45) is 0 Å². The standard InChI is InChI=1S/C19H22N2O5S/c1-25-17-7-4-13(10-18(17)26-2)12-20-19(22)15-5-6-16-14(11-15)8-9-21(16)27(3,23)24/h4-7,10-11H,8-9,12H2,1-3H3,(H,20,22). The average molecular weight is 390 g/mol. The molecule has 1 N–H and O–H groups in total. The van der Waals surface area contributed by atoms with Gasteiger partial charge in [-0.2, -0.15) is 0 Å². The van der Waals surface area contributed by atoms with E-state index in [2.05, 4.69) is 5.32 Å². The lowest BCUT2D eigenvalue weighted by atomic mass is 10.1. The van der Waals surface area contributed by atoms with Crippen LogP contribution >= 0.6 is 0 Å². The van der Waals surface area contributed by atoms with Gasteiger partial charge in [0.1, 0.15) is 0 Å². The van der Waals surface area contributed by atoms with Crippen LogP contribution in [0.2, 0.25) is 0 Å². The first-order valence-corrected chi connectivity index (χ1v) is 10.3. The number of hydrogen-bond donors (Lipinski definition) is 1. The van der Waals surface area contributed by atoms with Crippen molar-refractivity contribution in [3.05, 3.63) is 53.1 Å². The van der Waals surface area contributed by atoms with E-state index >= 15 is 0 Å². The van der Waals surface area contributed by atoms with E-state index in [-0.39, 0.29) is 5.91 Å². The summed E-state index contributed by atoms with van der Waals surface area (Å²) in [7, 11) is -0.169. The molecule has 0 fully saturated rings. The van der Waals surface area contributed by atoms with Crippen molar-refractivity contribution >= 4 is 21.6 Å². The molecule has 27 heavy (non-hydrogen) atoms. The number of carbonyl (C=O) groups is 1. The highest BCUT2D eigenvalue weighted by molar-refractivity contribution is 7.92. The molecule has 2 aromatic carbocycles. The van der Waals surface area contributed by atoms with Crippen LogP contribution in [-0.4, -0.2) is 41.3 Å². The number of rotatable bonds is 6. The van der Waals surface area contributed by atoms with E-state index in [0.717, 1.165) is 11.1 Å². The molecule has 0 radical (unpaired) electrons. The number of benzene rings is 2. The second-order valence-electron chi connectivity index (χ2n) is 6.30. The van der Waals surface area contributed by atoms with E-state index in [4.69, 9.17) is 9.47 Å². The third-order valence-corrected chi connectivity index (χ3v) is 5.68. The minimum Gasteiger partial charge on any atom is -0.493 e. The maximum Gasteiger partial charge on any atom is 0.251 e. The first-order chi connectivity index (χ1) is 12.8. The Bertz CT molecular complexity index is 972. The summed E-state index contributed by atoms with van der Waals surface area (Å²) in [4.78, 5) is 12.5. The number of amides is 1. The van der Waals surface area contributed by atoms with Crippen LogP contribution in [0.3, 0.4) is 0 Å². The summed E-state index contributed by atoms with van der Waals surface area (Å²) in [5, 5.41) is 2.87. The smallest absolute Gasteiger partial charge is 0.251 e. The van der Waals surface area contributed by atoms with E-state index in [1.54, 1.807) is 38.5 Å². The van der Waals surface area contributed by atoms with Gasteiger partial charge in [0.15, 0.2) is 11.5 Å². The van der Waals surface area contributed by atoms with Gasteiger partial charge in [0, 0.05) is 18.7 Å². The fourth-order valence-corrected chi connectivity index (χ4v) is 4.09. The molecule has 2 aromatic rings. The number of nitrogens with zero attached hydrogens (tertiary/aromatic N) is 1. The SMILES string of the molecule is COc1ccc(CNC(=O)c2ccc3c(c2)CCN3S(C)(=O)=O)cc1OC. The van der Waals surface area contributed by atoms with Gasteiger partial charge in [-0.05, 0) is 47.9 Å². The van der Waals surface area contributed by atoms with Gasteiger partial charge in [0.25, 0.3) is 5.91 Å². The molecule has 1 aliphatic rings. The van der Waals surface area contributed by atoms with Gasteiger partial charge in [-0.15, -0.1) is 0 Å². The summed E-state index contributed by atoms with van der Waals surface area (Å²) >= 11 is 0. The molecule has 1 aliphatic heterocycles. The predicted molar refractivity (Wildman–Crippen MR) is 103 cm³/mol. The van der Waals surface area contributed by atoms with Crippen molar-refractivity contribution in [2.75, 3.05) is 31.3 Å². The van der Waals surface area contributed by atoms with Crippen molar-refractivity contribution in [3.63, 3.8) is 0 Å². The summed E-state index contributed by atoms with van der Waals surface area (Å²) in [5.74, 6) is 1.01. The quantitative estimate of drug-likeness (QED) is 0.815. The number of anilines is 1. The van der Waals surface area contributed by atoms with Gasteiger partial charge in [-0.25, -0.2) is 8.42 Å². The molecule has 0 atom stereocenters. The van der Waals surface area contributed by atoms with E-state index in [9.17, 15) is 13.2 Å². The maximum absolute atomic E-state index is 12.5. The molecular weight excluding hydrogens is 368 g/mol. The number of methoxy groups -OCH3 is 2. The second-order valence-corrected chi connectivity index (χ2v) is 8.21. The van der Waals surface area contributed by atoms with Crippen molar-refractivity contribution in [3.8, 4) is 11.5 Å². The predicted octanol–water partition coefficient (Wildman–Crippen LogP) is 1.96. The van der Waals surface area contributed by atoms with Crippen LogP contribution < -0.4 is 19.1 Å². The minimum atomic E-state index is -3.30. The molecule has 0 aromatic heterocycles. The Kier molecular flexibility index (Phi) is 5.27. The molecule has 1 amide bonds. The number of sulfonamides is 1. The molecule has 0 aliphatic carbocycles. The summed E-state index contributed by atoms with van der Waals surface area (Å²) < 4.78 is 35.4. The first kappa shape index (κ1) is 19.0. The Morgan fingerprint density at radius 2 is 1.85 bits per heavy atom. The largest absolute Gasteiger partial charge is 0.493 e. The number of carbonyl (C=O) groups excluding carboxylic acids is 1. The lowest BCUT2D eigenvalue weighted by Gasteiger charge is -2.16. The third-order valence-electron chi connectivity index (χ3n) is 4.50. The normalized spacial score (nSPS) is 13.2. The van der Waals surface area contributed by atoms with Crippen LogP contribution in [0.1, 0.15) is 21.5 Å². The number of nitrogens with one attached hydrogen (secondary N) is 1. The van der Waals surface area contributed by atoms with Crippen molar-refractivity contribution < 1.29 is 22.7 Å². The summed E-state index contributed by atoms with van der Waals surface area (Å²) in [6.07, 6.45) is 1.78. The van der Waals surface area contributed by atoms with Crippen LogP contribution in [0.25, 0.3) is 0 Å². The number of ether oxygens (including phenoxy) is 2. The zero-order valence-corrected chi connectivity index (χ0v) is 16.3. The molecule has 144 valence electrons. The molecule has 0 unspecified atom stereocenters. The van der Waals surface area contributed by atoms with Gasteiger partial charge >= 0.3 is 0 Å². The monoisotopic (exact) mass is 390 g/mol. The van der Waals surface area contributed by atoms with E-state index in [0.29, 0.717) is 42.3 Å². The average Bonchev–Trinajstić information content (AvgIpc) is 3.09. The lowest BCUT2D eigenvalue weighted by molar-refractivity contribution is 0.0951. The number of fused-ring (bicyclic) bond motifs is 1. The van der Waals surface area contributed by atoms with Crippen LogP contribution in [0.4, 0.5) is 5.69 Å². The van der Waals surface area contributed by atoms with E-state index in [1.165, 1.54) is 10.6 Å². The summed E-state index contributed by atoms with van der Waals surface area (Å²) in [6, 6.07) is 10.5. The minimum absolute atomic E-state index is 0.217. The van der Waals surface area contributed by atoms with Crippen LogP contribution in [0.15, 0.2) is 36.4 Å². The van der Waals surface area contributed by atoms with Gasteiger partial charge in [-0.3, -0.25) is 9.10 Å². The van der Waals surface area contributed by atoms with Crippen LogP contribution in [0.5, 0.6) is 11.5 Å². The second kappa shape index (κ2) is 7.48. The molecule has 0 bridgehead atoms. The van der Waals surface area contributed by atoms with Gasteiger partial charge in [0.05, 0.1) is 26.2 Å². The fraction of sp³-hybridized carbons (Fsp3) is 0.316. The third kappa shape index (κ3) is 4.00. The number of hydrogen-bond acceptors (Lipinski definition) is 5. The molecule has 3 rings (SSSR count). The van der Waals surface area contributed by atoms with Gasteiger partial charge in [0.2, 0.25) is 10.0 Å². The van der Waals surface area contributed by atoms with Crippen molar-refractivity contribution in [1.82, 2.24) is 5.32 Å². The summed E-state index contributed by atoms with van der Waals surface area (Å²) in [5.41, 5.74) is 2.89. The fourth-order valence-electron chi connectivity index (χ4n) is 3.13. The van der Waals surface area contributed by atoms with Crippen molar-refractivity contribution in [2.45, 2.75) is 13.0 Å². The molecule has 7 nitrogen and oxygen atoms in total. The Morgan fingerprint density at radius 3 is 2.52 bits per heavy atom. The van der Waals surface area contributed by atoms with E-state index in [1.807, 2.05) is 12.1 Å². The molecule has 0 spiro atoms. The Balaban J connectivity index is 1.71. The molecular formula is C19H22N2O5S. The van der Waals surface area contributed by atoms with Crippen molar-refractivity contribution in [1.29, 1.82) is 0 Å². The Morgan fingerprint density at radius 1 is 1.11 bits per heavy atom. The highest BCUT2D eigenvalue weighted by Gasteiger charge is 2.26. The molecule has 0 saturated heterocycles. The van der Waals surface area contributed by atoms with Crippen LogP contribution in [0, 0.1) is 0 Å². The zero-order chi connectivity index (χ0) is 19.6. The van der Waals surface area contributed by atoms with E-state index < -0.39 is 10.0 Å². The Hall–Kier alpha value is -2.74. The lowest BCUT2D eigenvalue weighted by Crippen LogP contribution is -2.27. The molecule has 1 heterocycles. The first-order valence-electron chi connectivity index (χ1n) is 8.43. The highest BCUT2D eigenvalue weighted by atomic mass is 32.2. The molecule has 0 saturated carbocycles. The van der Waals surface area contributed by atoms with Crippen LogP contribution in [-0.2, 0) is 23.0 Å². The van der Waals surface area contributed by atoms with Gasteiger partial charge < -0.3 is 14.8 Å². The molecule has 8 heteroatoms. The summed E-state index contributed by atoms with van der Waals surface area (Å²) in [6.45, 7) is 0.747. The Labute approximate surface area is 158 Å². The van der Waals surface area contributed by atoms with Gasteiger partial charge in [-0.1, -0.05) is 6.07 Å². The maximum atomic E-state index is 12.5.